The van der Waals surface area contributed by atoms with Crippen molar-refractivity contribution in [2.75, 3.05) is 33.4 Å². The van der Waals surface area contributed by atoms with Crippen LogP contribution in [0.4, 0.5) is 0 Å². The molecule has 17 heavy (non-hydrogen) atoms. The summed E-state index contributed by atoms with van der Waals surface area (Å²) in [7, 11) is 1.82. The Hall–Kier alpha value is -1.10. The van der Waals surface area contributed by atoms with Gasteiger partial charge in [0.05, 0.1) is 12.5 Å². The lowest BCUT2D eigenvalue weighted by Crippen LogP contribution is -2.39. The van der Waals surface area contributed by atoms with Gasteiger partial charge in [-0.05, 0) is 18.8 Å². The molecule has 2 atom stereocenters. The first-order chi connectivity index (χ1) is 8.16. The summed E-state index contributed by atoms with van der Waals surface area (Å²) >= 11 is 0. The molecule has 5 nitrogen and oxygen atoms in total. The summed E-state index contributed by atoms with van der Waals surface area (Å²) in [6, 6.07) is 0. The van der Waals surface area contributed by atoms with Gasteiger partial charge in [-0.3, -0.25) is 9.59 Å². The van der Waals surface area contributed by atoms with E-state index >= 15 is 0 Å². The number of rotatable bonds is 3. The maximum atomic E-state index is 12.1. The normalized spacial score (nSPS) is 28.9. The van der Waals surface area contributed by atoms with Gasteiger partial charge in [0.1, 0.15) is 0 Å². The maximum Gasteiger partial charge on any atom is 0.227 e. The number of carbonyl (C=O) groups excluding carboxylic acids is 2. The van der Waals surface area contributed by atoms with Crippen molar-refractivity contribution >= 4 is 11.8 Å². The monoisotopic (exact) mass is 240 g/mol. The van der Waals surface area contributed by atoms with E-state index in [0.29, 0.717) is 18.9 Å². The first-order valence-corrected chi connectivity index (χ1v) is 6.26. The Morgan fingerprint density at radius 2 is 2.41 bits per heavy atom. The van der Waals surface area contributed by atoms with Crippen molar-refractivity contribution in [3.8, 4) is 0 Å². The largest absolute Gasteiger partial charge is 0.381 e. The zero-order valence-electron chi connectivity index (χ0n) is 10.3. The summed E-state index contributed by atoms with van der Waals surface area (Å²) in [5, 5.41) is 2.70. The summed E-state index contributed by atoms with van der Waals surface area (Å²) in [5.41, 5.74) is 0. The number of nitrogens with one attached hydrogen (secondary N) is 1. The lowest BCUT2D eigenvalue weighted by Gasteiger charge is -2.28. The predicted octanol–water partition coefficient (Wildman–Crippen LogP) is 0.00750. The fourth-order valence-corrected chi connectivity index (χ4v) is 2.52. The minimum atomic E-state index is -0.169. The molecule has 0 aromatic rings. The van der Waals surface area contributed by atoms with E-state index < -0.39 is 0 Å². The van der Waals surface area contributed by atoms with Crippen LogP contribution < -0.4 is 5.32 Å². The number of nitrogens with zero attached hydrogens (tertiary/aromatic N) is 1. The van der Waals surface area contributed by atoms with Crippen molar-refractivity contribution < 1.29 is 14.3 Å². The summed E-state index contributed by atoms with van der Waals surface area (Å²) < 4.78 is 5.40. The zero-order chi connectivity index (χ0) is 12.3. The molecule has 2 aliphatic rings. The SMILES string of the molecule is CN(CC1CCCOC1)C(=O)C1CNC(=O)C1. The maximum absolute atomic E-state index is 12.1. The van der Waals surface area contributed by atoms with Crippen molar-refractivity contribution in [1.82, 2.24) is 10.2 Å². The predicted molar refractivity (Wildman–Crippen MR) is 62.3 cm³/mol. The smallest absolute Gasteiger partial charge is 0.227 e. The minimum absolute atomic E-state index is 0.0160. The second-order valence-electron chi connectivity index (χ2n) is 5.01. The Kier molecular flexibility index (Phi) is 3.99. The van der Waals surface area contributed by atoms with E-state index in [9.17, 15) is 9.59 Å². The van der Waals surface area contributed by atoms with Crippen LogP contribution in [0.15, 0.2) is 0 Å². The highest BCUT2D eigenvalue weighted by atomic mass is 16.5. The highest BCUT2D eigenvalue weighted by Gasteiger charge is 2.30. The van der Waals surface area contributed by atoms with Crippen molar-refractivity contribution in [2.45, 2.75) is 19.3 Å². The summed E-state index contributed by atoms with van der Waals surface area (Å²) in [6.45, 7) is 2.82. The third kappa shape index (κ3) is 3.19. The van der Waals surface area contributed by atoms with E-state index in [-0.39, 0.29) is 17.7 Å². The molecule has 0 aromatic carbocycles. The van der Waals surface area contributed by atoms with Gasteiger partial charge in [-0.25, -0.2) is 0 Å². The van der Waals surface area contributed by atoms with Crippen LogP contribution in [0.1, 0.15) is 19.3 Å². The standard InChI is InChI=1S/C12H20N2O3/c1-14(7-9-3-2-4-17-8-9)12(16)10-5-11(15)13-6-10/h9-10H,2-8H2,1H3,(H,13,15). The molecule has 0 bridgehead atoms. The topological polar surface area (TPSA) is 58.6 Å². The number of hydrogen-bond acceptors (Lipinski definition) is 3. The number of carbonyl (C=O) groups is 2. The van der Waals surface area contributed by atoms with E-state index in [0.717, 1.165) is 32.6 Å². The van der Waals surface area contributed by atoms with Crippen molar-refractivity contribution in [2.24, 2.45) is 11.8 Å². The van der Waals surface area contributed by atoms with Crippen LogP contribution in [-0.4, -0.2) is 50.1 Å². The van der Waals surface area contributed by atoms with Gasteiger partial charge >= 0.3 is 0 Å². The third-order valence-corrected chi connectivity index (χ3v) is 3.49. The molecule has 1 N–H and O–H groups in total. The quantitative estimate of drug-likeness (QED) is 0.756. The molecule has 0 aromatic heterocycles. The molecule has 2 unspecified atom stereocenters. The van der Waals surface area contributed by atoms with E-state index in [1.165, 1.54) is 0 Å². The van der Waals surface area contributed by atoms with E-state index in [2.05, 4.69) is 5.32 Å². The molecular formula is C12H20N2O3. The summed E-state index contributed by atoms with van der Waals surface area (Å²) in [6.07, 6.45) is 2.54. The molecular weight excluding hydrogens is 220 g/mol. The molecule has 2 fully saturated rings. The molecule has 2 heterocycles. The van der Waals surface area contributed by atoms with Crippen LogP contribution in [0, 0.1) is 11.8 Å². The van der Waals surface area contributed by atoms with E-state index in [1.807, 2.05) is 7.05 Å². The van der Waals surface area contributed by atoms with Gasteiger partial charge in [0.2, 0.25) is 11.8 Å². The highest BCUT2D eigenvalue weighted by molar-refractivity contribution is 5.89. The number of amides is 2. The zero-order valence-corrected chi connectivity index (χ0v) is 10.3. The summed E-state index contributed by atoms with van der Waals surface area (Å²) in [4.78, 5) is 24.9. The average Bonchev–Trinajstić information content (AvgIpc) is 2.76. The second kappa shape index (κ2) is 5.49. The Labute approximate surface area is 101 Å². The first kappa shape index (κ1) is 12.4. The molecule has 2 amide bonds. The molecule has 0 spiro atoms. The summed E-state index contributed by atoms with van der Waals surface area (Å²) in [5.74, 6) is 0.339. The van der Waals surface area contributed by atoms with Crippen LogP contribution >= 0.6 is 0 Å². The Morgan fingerprint density at radius 1 is 1.59 bits per heavy atom. The van der Waals surface area contributed by atoms with Gasteiger partial charge in [-0.2, -0.15) is 0 Å². The molecule has 2 saturated heterocycles. The van der Waals surface area contributed by atoms with Gasteiger partial charge in [0, 0.05) is 33.2 Å². The fraction of sp³-hybridized carbons (Fsp3) is 0.833. The molecule has 2 rings (SSSR count). The van der Waals surface area contributed by atoms with Gasteiger partial charge in [0.25, 0.3) is 0 Å². The molecule has 5 heteroatoms. The number of ether oxygens (including phenoxy) is 1. The van der Waals surface area contributed by atoms with Crippen molar-refractivity contribution in [1.29, 1.82) is 0 Å². The van der Waals surface area contributed by atoms with E-state index in [4.69, 9.17) is 4.74 Å². The lowest BCUT2D eigenvalue weighted by atomic mass is 10.0. The molecule has 96 valence electrons. The fourth-order valence-electron chi connectivity index (χ4n) is 2.52. The van der Waals surface area contributed by atoms with Crippen LogP contribution in [-0.2, 0) is 14.3 Å². The van der Waals surface area contributed by atoms with Crippen molar-refractivity contribution in [3.63, 3.8) is 0 Å². The first-order valence-electron chi connectivity index (χ1n) is 6.26. The number of hydrogen-bond donors (Lipinski definition) is 1. The van der Waals surface area contributed by atoms with Gasteiger partial charge in [-0.1, -0.05) is 0 Å². The highest BCUT2D eigenvalue weighted by Crippen LogP contribution is 2.17. The van der Waals surface area contributed by atoms with Crippen molar-refractivity contribution in [3.05, 3.63) is 0 Å². The Morgan fingerprint density at radius 3 is 3.00 bits per heavy atom. The molecule has 0 saturated carbocycles. The average molecular weight is 240 g/mol. The van der Waals surface area contributed by atoms with Gasteiger partial charge < -0.3 is 15.0 Å². The molecule has 2 aliphatic heterocycles. The Balaban J connectivity index is 1.80. The van der Waals surface area contributed by atoms with Gasteiger partial charge in [0.15, 0.2) is 0 Å². The van der Waals surface area contributed by atoms with E-state index in [1.54, 1.807) is 4.90 Å². The Bertz CT molecular complexity index is 300. The van der Waals surface area contributed by atoms with Crippen LogP contribution in [0.3, 0.4) is 0 Å². The van der Waals surface area contributed by atoms with Crippen LogP contribution in [0.25, 0.3) is 0 Å². The minimum Gasteiger partial charge on any atom is -0.381 e. The second-order valence-corrected chi connectivity index (χ2v) is 5.01. The molecule has 0 aliphatic carbocycles. The molecule has 0 radical (unpaired) electrons. The van der Waals surface area contributed by atoms with Gasteiger partial charge in [-0.15, -0.1) is 0 Å². The van der Waals surface area contributed by atoms with Crippen LogP contribution in [0.2, 0.25) is 0 Å². The van der Waals surface area contributed by atoms with Crippen LogP contribution in [0.5, 0.6) is 0 Å². The lowest BCUT2D eigenvalue weighted by molar-refractivity contribution is -0.135. The third-order valence-electron chi connectivity index (χ3n) is 3.49.